The fraction of sp³-hybridized carbons (Fsp3) is 0.278. The number of hydrogen-bond donors (Lipinski definition) is 1. The van der Waals surface area contributed by atoms with Gasteiger partial charge in [-0.05, 0) is 43.5 Å². The molecule has 1 N–H and O–H groups in total. The van der Waals surface area contributed by atoms with Crippen molar-refractivity contribution in [2.24, 2.45) is 0 Å². The first-order chi connectivity index (χ1) is 11.7. The molecular formula is C18H19F2NO3S. The van der Waals surface area contributed by atoms with E-state index in [2.05, 4.69) is 5.32 Å². The van der Waals surface area contributed by atoms with Gasteiger partial charge in [0.25, 0.3) is 0 Å². The smallest absolute Gasteiger partial charge is 0.325 e. The molecule has 2 rings (SSSR count). The van der Waals surface area contributed by atoms with E-state index in [0.717, 1.165) is 22.8 Å². The highest BCUT2D eigenvalue weighted by Gasteiger charge is 2.29. The van der Waals surface area contributed by atoms with Crippen LogP contribution >= 0.6 is 0 Å². The van der Waals surface area contributed by atoms with Crippen LogP contribution in [0.4, 0.5) is 14.5 Å². The van der Waals surface area contributed by atoms with Crippen molar-refractivity contribution in [1.29, 1.82) is 0 Å². The maximum Gasteiger partial charge on any atom is 0.341 e. The van der Waals surface area contributed by atoms with E-state index in [-0.39, 0.29) is 12.1 Å². The first-order valence-electron chi connectivity index (χ1n) is 7.69. The second-order valence-corrected chi connectivity index (χ2v) is 7.67. The molecule has 25 heavy (non-hydrogen) atoms. The normalized spacial score (nSPS) is 11.6. The minimum absolute atomic E-state index is 0.118. The van der Waals surface area contributed by atoms with E-state index < -0.39 is 26.4 Å². The second-order valence-electron chi connectivity index (χ2n) is 5.78. The predicted molar refractivity (Wildman–Crippen MR) is 92.5 cm³/mol. The van der Waals surface area contributed by atoms with Crippen molar-refractivity contribution >= 4 is 21.4 Å². The van der Waals surface area contributed by atoms with E-state index >= 15 is 0 Å². The van der Waals surface area contributed by atoms with Gasteiger partial charge in [0, 0.05) is 6.42 Å². The quantitative estimate of drug-likeness (QED) is 0.843. The zero-order valence-electron chi connectivity index (χ0n) is 13.9. The Morgan fingerprint density at radius 3 is 2.44 bits per heavy atom. The molecule has 0 aliphatic rings. The van der Waals surface area contributed by atoms with Crippen molar-refractivity contribution in [3.63, 3.8) is 0 Å². The SMILES string of the molecule is Cc1ccc(CCC(=O)Nc2ccccc2S(=O)(=O)C(F)F)c(C)c1. The number of alkyl halides is 2. The average molecular weight is 367 g/mol. The van der Waals surface area contributed by atoms with E-state index in [1.165, 1.54) is 18.2 Å². The first kappa shape index (κ1) is 19.1. The number of halogens is 2. The highest BCUT2D eigenvalue weighted by molar-refractivity contribution is 7.91. The molecule has 0 aliphatic carbocycles. The Morgan fingerprint density at radius 2 is 1.80 bits per heavy atom. The topological polar surface area (TPSA) is 63.2 Å². The molecule has 0 unspecified atom stereocenters. The average Bonchev–Trinajstić information content (AvgIpc) is 2.54. The lowest BCUT2D eigenvalue weighted by molar-refractivity contribution is -0.116. The van der Waals surface area contributed by atoms with Crippen LogP contribution in [0.1, 0.15) is 23.1 Å². The molecule has 134 valence electrons. The van der Waals surface area contributed by atoms with Gasteiger partial charge in [-0.3, -0.25) is 4.79 Å². The van der Waals surface area contributed by atoms with Gasteiger partial charge in [0.05, 0.1) is 10.6 Å². The minimum Gasteiger partial charge on any atom is -0.325 e. The maximum absolute atomic E-state index is 12.8. The Bertz CT molecular complexity index is 880. The maximum atomic E-state index is 12.8. The van der Waals surface area contributed by atoms with Gasteiger partial charge in [-0.1, -0.05) is 35.9 Å². The monoisotopic (exact) mass is 367 g/mol. The fourth-order valence-corrected chi connectivity index (χ4v) is 3.39. The predicted octanol–water partition coefficient (Wildman–Crippen LogP) is 3.87. The third kappa shape index (κ3) is 4.63. The molecule has 0 aromatic heterocycles. The zero-order chi connectivity index (χ0) is 18.6. The highest BCUT2D eigenvalue weighted by atomic mass is 32.2. The third-order valence-electron chi connectivity index (χ3n) is 3.82. The van der Waals surface area contributed by atoms with Gasteiger partial charge in [-0.25, -0.2) is 8.42 Å². The van der Waals surface area contributed by atoms with Crippen LogP contribution in [0.3, 0.4) is 0 Å². The largest absolute Gasteiger partial charge is 0.341 e. The molecule has 1 amide bonds. The summed E-state index contributed by atoms with van der Waals surface area (Å²) in [6, 6.07) is 11.1. The number of anilines is 1. The summed E-state index contributed by atoms with van der Waals surface area (Å²) in [4.78, 5) is 11.5. The van der Waals surface area contributed by atoms with Crippen molar-refractivity contribution in [2.75, 3.05) is 5.32 Å². The van der Waals surface area contributed by atoms with Crippen LogP contribution in [0.5, 0.6) is 0 Å². The van der Waals surface area contributed by atoms with Crippen molar-refractivity contribution in [3.05, 3.63) is 59.2 Å². The van der Waals surface area contributed by atoms with Crippen molar-refractivity contribution in [1.82, 2.24) is 0 Å². The molecule has 0 atom stereocenters. The summed E-state index contributed by atoms with van der Waals surface area (Å²) in [7, 11) is -4.78. The standard InChI is InChI=1S/C18H19F2NO3S/c1-12-7-8-14(13(2)11-12)9-10-17(22)21-15-5-3-4-6-16(15)25(23,24)18(19)20/h3-8,11,18H,9-10H2,1-2H3,(H,21,22). The van der Waals surface area contributed by atoms with Gasteiger partial charge < -0.3 is 5.32 Å². The summed E-state index contributed by atoms with van der Waals surface area (Å²) in [5.74, 6) is -3.97. The molecule has 0 fully saturated rings. The van der Waals surface area contributed by atoms with Crippen molar-refractivity contribution < 1.29 is 22.0 Å². The molecule has 0 heterocycles. The van der Waals surface area contributed by atoms with Gasteiger partial charge in [0.2, 0.25) is 15.7 Å². The Hall–Kier alpha value is -2.28. The number of aryl methyl sites for hydroxylation is 3. The van der Waals surface area contributed by atoms with Crippen LogP contribution in [-0.2, 0) is 21.1 Å². The van der Waals surface area contributed by atoms with Crippen molar-refractivity contribution in [2.45, 2.75) is 37.3 Å². The molecule has 0 radical (unpaired) electrons. The number of rotatable bonds is 6. The first-order valence-corrected chi connectivity index (χ1v) is 9.23. The van der Waals surface area contributed by atoms with Gasteiger partial charge >= 0.3 is 5.76 Å². The minimum atomic E-state index is -4.78. The number of amides is 1. The Morgan fingerprint density at radius 1 is 1.12 bits per heavy atom. The molecule has 2 aromatic carbocycles. The molecule has 7 heteroatoms. The molecular weight excluding hydrogens is 348 g/mol. The van der Waals surface area contributed by atoms with E-state index in [0.29, 0.717) is 6.42 Å². The summed E-state index contributed by atoms with van der Waals surface area (Å²) in [6.45, 7) is 3.93. The number of para-hydroxylation sites is 1. The molecule has 0 bridgehead atoms. The van der Waals surface area contributed by atoms with Gasteiger partial charge in [-0.2, -0.15) is 8.78 Å². The van der Waals surface area contributed by atoms with Crippen LogP contribution < -0.4 is 5.32 Å². The molecule has 0 spiro atoms. The number of sulfone groups is 1. The van der Waals surface area contributed by atoms with E-state index in [9.17, 15) is 22.0 Å². The summed E-state index contributed by atoms with van der Waals surface area (Å²) in [5.41, 5.74) is 3.06. The van der Waals surface area contributed by atoms with Gasteiger partial charge in [0.1, 0.15) is 0 Å². The van der Waals surface area contributed by atoms with Crippen LogP contribution in [-0.4, -0.2) is 20.1 Å². The lowest BCUT2D eigenvalue weighted by Crippen LogP contribution is -2.18. The van der Waals surface area contributed by atoms with Crippen molar-refractivity contribution in [3.8, 4) is 0 Å². The van der Waals surface area contributed by atoms with Gasteiger partial charge in [-0.15, -0.1) is 0 Å². The number of benzene rings is 2. The van der Waals surface area contributed by atoms with Crippen LogP contribution in [0, 0.1) is 13.8 Å². The van der Waals surface area contributed by atoms with Crippen LogP contribution in [0.2, 0.25) is 0 Å². The Labute approximate surface area is 145 Å². The summed E-state index contributed by atoms with van der Waals surface area (Å²) < 4.78 is 48.9. The summed E-state index contributed by atoms with van der Waals surface area (Å²) in [5, 5.41) is 2.42. The van der Waals surface area contributed by atoms with Gasteiger partial charge in [0.15, 0.2) is 0 Å². The molecule has 0 aliphatic heterocycles. The molecule has 0 saturated carbocycles. The van der Waals surface area contributed by atoms with E-state index in [1.807, 2.05) is 32.0 Å². The fourth-order valence-electron chi connectivity index (χ4n) is 2.50. The third-order valence-corrected chi connectivity index (χ3v) is 5.26. The number of nitrogens with one attached hydrogen (secondary N) is 1. The van der Waals surface area contributed by atoms with Crippen LogP contribution in [0.25, 0.3) is 0 Å². The molecule has 0 saturated heterocycles. The Balaban J connectivity index is 2.11. The zero-order valence-corrected chi connectivity index (χ0v) is 14.7. The lowest BCUT2D eigenvalue weighted by atomic mass is 10.0. The lowest BCUT2D eigenvalue weighted by Gasteiger charge is -2.12. The highest BCUT2D eigenvalue weighted by Crippen LogP contribution is 2.26. The summed E-state index contributed by atoms with van der Waals surface area (Å²) in [6.07, 6.45) is 0.592. The second kappa shape index (κ2) is 7.74. The van der Waals surface area contributed by atoms with E-state index in [1.54, 1.807) is 0 Å². The molecule has 4 nitrogen and oxygen atoms in total. The Kier molecular flexibility index (Phi) is 5.89. The number of hydrogen-bond acceptors (Lipinski definition) is 3. The molecule has 2 aromatic rings. The van der Waals surface area contributed by atoms with E-state index in [4.69, 9.17) is 0 Å². The number of carbonyl (C=O) groups is 1. The summed E-state index contributed by atoms with van der Waals surface area (Å²) >= 11 is 0. The van der Waals surface area contributed by atoms with Crippen LogP contribution in [0.15, 0.2) is 47.4 Å². The number of carbonyl (C=O) groups excluding carboxylic acids is 1.